The number of hydrogen-bond donors (Lipinski definition) is 0. The molecule has 0 bridgehead atoms. The normalized spacial score (nSPS) is 15.0. The number of para-hydroxylation sites is 1. The molecule has 0 aliphatic carbocycles. The van der Waals surface area contributed by atoms with Crippen molar-refractivity contribution in [2.75, 3.05) is 13.7 Å². The summed E-state index contributed by atoms with van der Waals surface area (Å²) in [5.74, 6) is 0.975. The van der Waals surface area contributed by atoms with Gasteiger partial charge >= 0.3 is 5.97 Å². The maximum atomic E-state index is 13.8. The van der Waals surface area contributed by atoms with Crippen LogP contribution in [0, 0.1) is 11.3 Å². The third-order valence-electron chi connectivity index (χ3n) is 6.16. The van der Waals surface area contributed by atoms with Gasteiger partial charge in [0.1, 0.15) is 23.3 Å². The lowest BCUT2D eigenvalue weighted by Crippen LogP contribution is -2.40. The van der Waals surface area contributed by atoms with Crippen LogP contribution in [0.2, 0.25) is 0 Å². The first-order valence-corrected chi connectivity index (χ1v) is 12.7. The molecule has 38 heavy (non-hydrogen) atoms. The molecule has 8 nitrogen and oxygen atoms in total. The Bertz CT molecular complexity index is 1800. The van der Waals surface area contributed by atoms with Gasteiger partial charge in [0.15, 0.2) is 4.80 Å². The third-order valence-corrected chi connectivity index (χ3v) is 7.15. The molecule has 2 aromatic carbocycles. The number of carbonyl (C=O) groups is 1. The van der Waals surface area contributed by atoms with E-state index in [1.807, 2.05) is 30.3 Å². The Morgan fingerprint density at radius 2 is 1.95 bits per heavy atom. The van der Waals surface area contributed by atoms with Crippen molar-refractivity contribution in [2.45, 2.75) is 19.9 Å². The summed E-state index contributed by atoms with van der Waals surface area (Å²) in [4.78, 5) is 31.9. The van der Waals surface area contributed by atoms with E-state index < -0.39 is 12.0 Å². The maximum Gasteiger partial charge on any atom is 0.338 e. The van der Waals surface area contributed by atoms with Crippen molar-refractivity contribution in [3.8, 4) is 23.1 Å². The number of fused-ring (bicyclic) bond motifs is 1. The van der Waals surface area contributed by atoms with Crippen LogP contribution in [0.25, 0.3) is 17.4 Å². The van der Waals surface area contributed by atoms with E-state index in [0.717, 1.165) is 0 Å². The van der Waals surface area contributed by atoms with Gasteiger partial charge in [-0.2, -0.15) is 5.26 Å². The van der Waals surface area contributed by atoms with Crippen LogP contribution >= 0.6 is 11.3 Å². The second-order valence-corrected chi connectivity index (χ2v) is 9.41. The minimum absolute atomic E-state index is 0.189. The largest absolute Gasteiger partial charge is 0.496 e. The van der Waals surface area contributed by atoms with Gasteiger partial charge in [-0.3, -0.25) is 9.36 Å². The summed E-state index contributed by atoms with van der Waals surface area (Å²) in [5.41, 5.74) is 2.24. The number of nitrogens with zero attached hydrogens (tertiary/aromatic N) is 3. The van der Waals surface area contributed by atoms with Crippen molar-refractivity contribution < 1.29 is 18.7 Å². The van der Waals surface area contributed by atoms with Crippen LogP contribution in [-0.2, 0) is 9.53 Å². The maximum absolute atomic E-state index is 13.8. The topological polar surface area (TPSA) is 107 Å². The van der Waals surface area contributed by atoms with Gasteiger partial charge in [0, 0.05) is 17.2 Å². The van der Waals surface area contributed by atoms with Gasteiger partial charge in [0.2, 0.25) is 0 Å². The van der Waals surface area contributed by atoms with Gasteiger partial charge in [0.25, 0.3) is 5.56 Å². The molecule has 1 aliphatic heterocycles. The summed E-state index contributed by atoms with van der Waals surface area (Å²) in [6.45, 7) is 3.65. The molecule has 5 rings (SSSR count). The molecule has 0 saturated heterocycles. The standard InChI is InChI=1S/C29H23N3O5S/c1-4-36-28(34)25-17(2)31-29-32(26(25)21-11-7-8-12-22(21)35-3)27(33)24(38-29)15-19-13-14-23(37-19)20-10-6-5-9-18(20)16-30/h5-15,26H,4H2,1-3H3/t26-/m1/s1. The summed E-state index contributed by atoms with van der Waals surface area (Å²) < 4.78 is 18.8. The Kier molecular flexibility index (Phi) is 6.81. The molecular weight excluding hydrogens is 502 g/mol. The SMILES string of the molecule is CCOC(=O)C1=C(C)N=c2sc(=Cc3ccc(-c4ccccc4C#N)o3)c(=O)n2[C@@H]1c1ccccc1OC. The molecule has 1 aliphatic rings. The second-order valence-electron chi connectivity index (χ2n) is 8.40. The molecule has 2 aromatic heterocycles. The molecule has 0 radical (unpaired) electrons. The first kappa shape index (κ1) is 25.0. The molecule has 190 valence electrons. The fourth-order valence-electron chi connectivity index (χ4n) is 4.48. The Morgan fingerprint density at radius 3 is 2.71 bits per heavy atom. The number of methoxy groups -OCH3 is 1. The minimum atomic E-state index is -0.779. The highest BCUT2D eigenvalue weighted by Gasteiger charge is 2.35. The molecule has 3 heterocycles. The molecular formula is C29H23N3O5S. The number of hydrogen-bond acceptors (Lipinski definition) is 8. The first-order chi connectivity index (χ1) is 18.5. The highest BCUT2D eigenvalue weighted by molar-refractivity contribution is 7.07. The number of rotatable bonds is 6. The fourth-order valence-corrected chi connectivity index (χ4v) is 5.50. The van der Waals surface area contributed by atoms with Gasteiger partial charge in [-0.1, -0.05) is 41.7 Å². The highest BCUT2D eigenvalue weighted by atomic mass is 32.1. The molecule has 0 amide bonds. The van der Waals surface area contributed by atoms with E-state index in [9.17, 15) is 14.9 Å². The summed E-state index contributed by atoms with van der Waals surface area (Å²) in [6.07, 6.45) is 1.64. The van der Waals surface area contributed by atoms with Crippen molar-refractivity contribution in [1.82, 2.24) is 4.57 Å². The number of aromatic nitrogens is 1. The predicted molar refractivity (Wildman–Crippen MR) is 142 cm³/mol. The first-order valence-electron chi connectivity index (χ1n) is 11.9. The van der Waals surface area contributed by atoms with E-state index in [1.165, 1.54) is 15.9 Å². The van der Waals surface area contributed by atoms with Crippen molar-refractivity contribution in [3.05, 3.63) is 109 Å². The van der Waals surface area contributed by atoms with Crippen LogP contribution in [0.15, 0.2) is 86.1 Å². The van der Waals surface area contributed by atoms with Gasteiger partial charge in [0.05, 0.1) is 41.2 Å². The van der Waals surface area contributed by atoms with Gasteiger partial charge in [-0.05, 0) is 44.2 Å². The lowest BCUT2D eigenvalue weighted by atomic mass is 9.95. The number of carbonyl (C=O) groups excluding carboxylic acids is 1. The Hall–Kier alpha value is -4.68. The van der Waals surface area contributed by atoms with Crippen LogP contribution in [0.3, 0.4) is 0 Å². The molecule has 0 saturated carbocycles. The van der Waals surface area contributed by atoms with Gasteiger partial charge in [-0.15, -0.1) is 0 Å². The number of esters is 1. The number of ether oxygens (including phenoxy) is 2. The summed E-state index contributed by atoms with van der Waals surface area (Å²) in [6, 6.07) is 19.3. The zero-order chi connectivity index (χ0) is 26.8. The van der Waals surface area contributed by atoms with Crippen molar-refractivity contribution in [2.24, 2.45) is 4.99 Å². The van der Waals surface area contributed by atoms with Crippen LogP contribution in [0.4, 0.5) is 0 Å². The third kappa shape index (κ3) is 4.35. The molecule has 0 spiro atoms. The Labute approximate surface area is 222 Å². The highest BCUT2D eigenvalue weighted by Crippen LogP contribution is 2.35. The van der Waals surface area contributed by atoms with Crippen molar-refractivity contribution in [3.63, 3.8) is 0 Å². The van der Waals surface area contributed by atoms with Gasteiger partial charge < -0.3 is 13.9 Å². The average Bonchev–Trinajstić information content (AvgIpc) is 3.52. The monoisotopic (exact) mass is 525 g/mol. The molecule has 0 unspecified atom stereocenters. The summed E-state index contributed by atoms with van der Waals surface area (Å²) in [5, 5.41) is 9.43. The van der Waals surface area contributed by atoms with E-state index in [0.29, 0.717) is 49.0 Å². The van der Waals surface area contributed by atoms with E-state index >= 15 is 0 Å². The van der Waals surface area contributed by atoms with Crippen molar-refractivity contribution in [1.29, 1.82) is 5.26 Å². The number of nitriles is 1. The smallest absolute Gasteiger partial charge is 0.338 e. The fraction of sp³-hybridized carbons (Fsp3) is 0.172. The number of furan rings is 1. The number of benzene rings is 2. The van der Waals surface area contributed by atoms with Crippen LogP contribution in [0.1, 0.15) is 36.8 Å². The van der Waals surface area contributed by atoms with E-state index in [1.54, 1.807) is 57.4 Å². The number of thiazole rings is 1. The lowest BCUT2D eigenvalue weighted by molar-refractivity contribution is -0.139. The Balaban J connectivity index is 1.67. The molecule has 4 aromatic rings. The summed E-state index contributed by atoms with van der Waals surface area (Å²) in [7, 11) is 1.54. The van der Waals surface area contributed by atoms with Crippen LogP contribution in [-0.4, -0.2) is 24.3 Å². The quantitative estimate of drug-likeness (QED) is 0.353. The lowest BCUT2D eigenvalue weighted by Gasteiger charge is -2.25. The number of allylic oxidation sites excluding steroid dienone is 1. The molecule has 9 heteroatoms. The minimum Gasteiger partial charge on any atom is -0.496 e. The molecule has 0 N–H and O–H groups in total. The van der Waals surface area contributed by atoms with E-state index in [4.69, 9.17) is 13.9 Å². The summed E-state index contributed by atoms with van der Waals surface area (Å²) >= 11 is 1.20. The van der Waals surface area contributed by atoms with E-state index in [-0.39, 0.29) is 17.7 Å². The average molecular weight is 526 g/mol. The Morgan fingerprint density at radius 1 is 1.18 bits per heavy atom. The molecule has 0 fully saturated rings. The van der Waals surface area contributed by atoms with Crippen LogP contribution < -0.4 is 19.6 Å². The zero-order valence-electron chi connectivity index (χ0n) is 20.9. The molecule has 1 atom stereocenters. The van der Waals surface area contributed by atoms with Crippen LogP contribution in [0.5, 0.6) is 5.75 Å². The van der Waals surface area contributed by atoms with Crippen molar-refractivity contribution >= 4 is 23.4 Å². The van der Waals surface area contributed by atoms with E-state index in [2.05, 4.69) is 11.1 Å². The van der Waals surface area contributed by atoms with Gasteiger partial charge in [-0.25, -0.2) is 9.79 Å². The zero-order valence-corrected chi connectivity index (χ0v) is 21.7. The predicted octanol–water partition coefficient (Wildman–Crippen LogP) is 3.94. The second kappa shape index (κ2) is 10.4.